The van der Waals surface area contributed by atoms with E-state index in [1.54, 1.807) is 30.5 Å². The van der Waals surface area contributed by atoms with Crippen molar-refractivity contribution in [2.24, 2.45) is 0 Å². The molecule has 6 nitrogen and oxygen atoms in total. The van der Waals surface area contributed by atoms with Crippen LogP contribution in [0.5, 0.6) is 0 Å². The Bertz CT molecular complexity index is 1270. The third kappa shape index (κ3) is 3.85. The third-order valence-electron chi connectivity index (χ3n) is 5.62. The predicted molar refractivity (Wildman–Crippen MR) is 116 cm³/mol. The number of rotatable bonds is 6. The highest BCUT2D eigenvalue weighted by Crippen LogP contribution is 2.29. The summed E-state index contributed by atoms with van der Waals surface area (Å²) >= 11 is 0. The van der Waals surface area contributed by atoms with Crippen LogP contribution in [0.15, 0.2) is 56.4 Å². The first-order valence-corrected chi connectivity index (χ1v) is 10.0. The molecule has 0 aliphatic heterocycles. The summed E-state index contributed by atoms with van der Waals surface area (Å²) in [6.45, 7) is 4.47. The molecule has 0 bridgehead atoms. The highest BCUT2D eigenvalue weighted by atomic mass is 16.4. The number of amides is 1. The van der Waals surface area contributed by atoms with Crippen LogP contribution in [0.25, 0.3) is 21.9 Å². The van der Waals surface area contributed by atoms with E-state index in [2.05, 4.69) is 4.98 Å². The van der Waals surface area contributed by atoms with Crippen LogP contribution in [0.1, 0.15) is 28.8 Å². The molecule has 0 N–H and O–H groups in total. The molecular formula is C24H24N2O4. The molecule has 3 heterocycles. The molecule has 6 heteroatoms. The number of hydrogen-bond donors (Lipinski definition) is 0. The summed E-state index contributed by atoms with van der Waals surface area (Å²) in [7, 11) is 1.78. The Balaban J connectivity index is 1.50. The van der Waals surface area contributed by atoms with Crippen molar-refractivity contribution in [1.82, 2.24) is 9.88 Å². The molecule has 0 atom stereocenters. The first-order valence-electron chi connectivity index (χ1n) is 10.0. The average Bonchev–Trinajstić information content (AvgIpc) is 3.11. The molecule has 30 heavy (non-hydrogen) atoms. The highest BCUT2D eigenvalue weighted by Gasteiger charge is 2.16. The Kier molecular flexibility index (Phi) is 5.40. The molecule has 3 aromatic heterocycles. The Morgan fingerprint density at radius 1 is 1.10 bits per heavy atom. The van der Waals surface area contributed by atoms with Crippen LogP contribution in [0.2, 0.25) is 0 Å². The van der Waals surface area contributed by atoms with Crippen LogP contribution in [0, 0.1) is 13.8 Å². The van der Waals surface area contributed by atoms with E-state index in [4.69, 9.17) is 8.83 Å². The second-order valence-electron chi connectivity index (χ2n) is 7.64. The van der Waals surface area contributed by atoms with Gasteiger partial charge in [0, 0.05) is 60.7 Å². The number of aryl methyl sites for hydroxylation is 2. The van der Waals surface area contributed by atoms with Crippen molar-refractivity contribution < 1.29 is 13.6 Å². The lowest BCUT2D eigenvalue weighted by atomic mass is 10.0. The summed E-state index contributed by atoms with van der Waals surface area (Å²) in [4.78, 5) is 31.1. The number of carbonyl (C=O) groups is 1. The smallest absolute Gasteiger partial charge is 0.339 e. The fraction of sp³-hybridized carbons (Fsp3) is 0.292. The predicted octanol–water partition coefficient (Wildman–Crippen LogP) is 4.18. The summed E-state index contributed by atoms with van der Waals surface area (Å²) in [5.74, 6) is -0.00837. The largest absolute Gasteiger partial charge is 0.464 e. The van der Waals surface area contributed by atoms with E-state index in [1.165, 1.54) is 0 Å². The lowest BCUT2D eigenvalue weighted by Gasteiger charge is -2.17. The van der Waals surface area contributed by atoms with Crippen LogP contribution in [0.4, 0.5) is 0 Å². The van der Waals surface area contributed by atoms with E-state index in [0.717, 1.165) is 27.6 Å². The van der Waals surface area contributed by atoms with Gasteiger partial charge in [0.05, 0.1) is 6.26 Å². The van der Waals surface area contributed by atoms with Gasteiger partial charge < -0.3 is 13.7 Å². The van der Waals surface area contributed by atoms with Gasteiger partial charge in [-0.3, -0.25) is 9.78 Å². The normalized spacial score (nSPS) is 11.3. The minimum absolute atomic E-state index is 0.00837. The fourth-order valence-corrected chi connectivity index (χ4v) is 3.70. The zero-order valence-electron chi connectivity index (χ0n) is 17.4. The van der Waals surface area contributed by atoms with Crippen LogP contribution >= 0.6 is 0 Å². The molecule has 0 aliphatic carbocycles. The zero-order chi connectivity index (χ0) is 21.3. The Hall–Kier alpha value is -3.41. The Morgan fingerprint density at radius 3 is 2.70 bits per heavy atom. The first kappa shape index (κ1) is 19.9. The summed E-state index contributed by atoms with van der Waals surface area (Å²) in [5.41, 5.74) is 4.18. The topological polar surface area (TPSA) is 76.6 Å². The minimum Gasteiger partial charge on any atom is -0.464 e. The van der Waals surface area contributed by atoms with Crippen molar-refractivity contribution in [2.75, 3.05) is 13.6 Å². The standard InChI is InChI=1S/C24H24N2O4/c1-15-14-29-21-13-22-20(12-19(15)21)16(2)18(24(28)30-22)7-8-23(27)26(3)11-9-17-6-4-5-10-25-17/h4-6,10,12-14H,7-9,11H2,1-3H3. The van der Waals surface area contributed by atoms with Gasteiger partial charge in [0.2, 0.25) is 5.91 Å². The van der Waals surface area contributed by atoms with Crippen LogP contribution in [0.3, 0.4) is 0 Å². The maximum Gasteiger partial charge on any atom is 0.339 e. The SMILES string of the molecule is Cc1coc2cc3oc(=O)c(CCC(=O)N(C)CCc4ccccn4)c(C)c3cc12. The van der Waals surface area contributed by atoms with Crippen molar-refractivity contribution in [3.05, 3.63) is 75.6 Å². The van der Waals surface area contributed by atoms with E-state index in [1.807, 2.05) is 38.1 Å². The van der Waals surface area contributed by atoms with Gasteiger partial charge in [-0.2, -0.15) is 0 Å². The molecule has 0 spiro atoms. The molecule has 4 aromatic rings. The molecule has 0 fully saturated rings. The van der Waals surface area contributed by atoms with Gasteiger partial charge in [0.25, 0.3) is 0 Å². The highest BCUT2D eigenvalue weighted by molar-refractivity contribution is 5.96. The molecule has 0 saturated carbocycles. The number of nitrogens with zero attached hydrogens (tertiary/aromatic N) is 2. The van der Waals surface area contributed by atoms with E-state index >= 15 is 0 Å². The summed E-state index contributed by atoms with van der Waals surface area (Å²) < 4.78 is 11.1. The van der Waals surface area contributed by atoms with Crippen LogP contribution in [-0.2, 0) is 17.6 Å². The van der Waals surface area contributed by atoms with Gasteiger partial charge in [0.15, 0.2) is 0 Å². The second kappa shape index (κ2) is 8.14. The van der Waals surface area contributed by atoms with Gasteiger partial charge in [-0.25, -0.2) is 4.79 Å². The van der Waals surface area contributed by atoms with Gasteiger partial charge in [-0.1, -0.05) is 6.07 Å². The molecule has 1 aromatic carbocycles. The monoisotopic (exact) mass is 404 g/mol. The number of furan rings is 1. The molecule has 0 unspecified atom stereocenters. The number of likely N-dealkylation sites (N-methyl/N-ethyl adjacent to an activating group) is 1. The van der Waals surface area contributed by atoms with Crippen molar-refractivity contribution in [2.45, 2.75) is 33.1 Å². The van der Waals surface area contributed by atoms with Crippen LogP contribution < -0.4 is 5.63 Å². The minimum atomic E-state index is -0.397. The molecule has 0 aliphatic rings. The maximum atomic E-state index is 12.6. The van der Waals surface area contributed by atoms with Crippen molar-refractivity contribution >= 4 is 27.8 Å². The van der Waals surface area contributed by atoms with E-state index < -0.39 is 5.63 Å². The van der Waals surface area contributed by atoms with Crippen molar-refractivity contribution in [1.29, 1.82) is 0 Å². The number of carbonyl (C=O) groups excluding carboxylic acids is 1. The summed E-state index contributed by atoms with van der Waals surface area (Å²) in [6, 6.07) is 9.50. The lowest BCUT2D eigenvalue weighted by Crippen LogP contribution is -2.29. The fourth-order valence-electron chi connectivity index (χ4n) is 3.70. The zero-order valence-corrected chi connectivity index (χ0v) is 17.4. The third-order valence-corrected chi connectivity index (χ3v) is 5.62. The Morgan fingerprint density at radius 2 is 1.93 bits per heavy atom. The quantitative estimate of drug-likeness (QED) is 0.451. The number of aromatic nitrogens is 1. The molecule has 1 amide bonds. The van der Waals surface area contributed by atoms with E-state index in [9.17, 15) is 9.59 Å². The molecule has 4 rings (SSSR count). The molecule has 0 radical (unpaired) electrons. The van der Waals surface area contributed by atoms with Crippen molar-refractivity contribution in [3.63, 3.8) is 0 Å². The average molecular weight is 404 g/mol. The van der Waals surface area contributed by atoms with Crippen molar-refractivity contribution in [3.8, 4) is 0 Å². The Labute approximate surface area is 174 Å². The van der Waals surface area contributed by atoms with Gasteiger partial charge in [-0.05, 0) is 49.6 Å². The molecular weight excluding hydrogens is 380 g/mol. The van der Waals surface area contributed by atoms with Gasteiger partial charge in [0.1, 0.15) is 11.2 Å². The first-order chi connectivity index (χ1) is 14.4. The maximum absolute atomic E-state index is 12.6. The van der Waals surface area contributed by atoms with E-state index in [-0.39, 0.29) is 12.3 Å². The number of benzene rings is 1. The number of pyridine rings is 1. The van der Waals surface area contributed by atoms with Crippen LogP contribution in [-0.4, -0.2) is 29.4 Å². The molecule has 154 valence electrons. The lowest BCUT2D eigenvalue weighted by molar-refractivity contribution is -0.129. The van der Waals surface area contributed by atoms with E-state index in [0.29, 0.717) is 36.1 Å². The van der Waals surface area contributed by atoms with Gasteiger partial charge >= 0.3 is 5.63 Å². The second-order valence-corrected chi connectivity index (χ2v) is 7.64. The number of hydrogen-bond acceptors (Lipinski definition) is 5. The number of fused-ring (bicyclic) bond motifs is 2. The summed E-state index contributed by atoms with van der Waals surface area (Å²) in [6.07, 6.45) is 4.73. The van der Waals surface area contributed by atoms with Gasteiger partial charge in [-0.15, -0.1) is 0 Å². The molecule has 0 saturated heterocycles. The summed E-state index contributed by atoms with van der Waals surface area (Å²) in [5, 5.41) is 1.87.